The van der Waals surface area contributed by atoms with E-state index in [2.05, 4.69) is 5.32 Å². The van der Waals surface area contributed by atoms with Gasteiger partial charge in [-0.25, -0.2) is 4.79 Å². The lowest BCUT2D eigenvalue weighted by Crippen LogP contribution is -2.50. The molecule has 10 nitrogen and oxygen atoms in total. The van der Waals surface area contributed by atoms with E-state index in [1.165, 1.54) is 17.0 Å². The summed E-state index contributed by atoms with van der Waals surface area (Å²) in [4.78, 5) is 51.6. The van der Waals surface area contributed by atoms with E-state index in [4.69, 9.17) is 14.0 Å². The van der Waals surface area contributed by atoms with Crippen LogP contribution in [-0.4, -0.2) is 83.0 Å². The zero-order valence-corrected chi connectivity index (χ0v) is 28.0. The number of hydrogen-bond acceptors (Lipinski definition) is 8. The number of aldehydes is 1. The Balaban J connectivity index is 2.20. The molecule has 0 bridgehead atoms. The van der Waals surface area contributed by atoms with Gasteiger partial charge in [0.25, 0.3) is 0 Å². The molecule has 0 aromatic heterocycles. The molecule has 2 amide bonds. The number of carbonyl (C=O) groups is 4. The van der Waals surface area contributed by atoms with Crippen molar-refractivity contribution in [2.75, 3.05) is 25.9 Å². The highest BCUT2D eigenvalue weighted by atomic mass is 31.1. The Hall–Kier alpha value is -2.76. The summed E-state index contributed by atoms with van der Waals surface area (Å²) in [5, 5.41) is 12.9. The number of hydrogen-bond donors (Lipinski definition) is 2. The first kappa shape index (κ1) is 38.4. The first-order chi connectivity index (χ1) is 20.6. The highest BCUT2D eigenvalue weighted by molar-refractivity contribution is 7.32. The maximum atomic E-state index is 13.8. The molecular weight excluding hydrogens is 616 g/mol. The van der Waals surface area contributed by atoms with Gasteiger partial charge in [-0.3, -0.25) is 14.4 Å². The van der Waals surface area contributed by atoms with Crippen molar-refractivity contribution in [3.05, 3.63) is 35.4 Å². The lowest BCUT2D eigenvalue weighted by atomic mass is 9.90. The van der Waals surface area contributed by atoms with E-state index in [0.29, 0.717) is 30.9 Å². The van der Waals surface area contributed by atoms with Crippen LogP contribution >= 0.6 is 8.81 Å². The SMILES string of the molecule is CC(C)(C)OC(=O)NC(Cc1ccc(C(F)(F)F)cc1)C(=O)N1CC(CCCPOC(C)(C)C(C)(C)O)C(C(=O)OCC=O)C1. The predicted octanol–water partition coefficient (Wildman–Crippen LogP) is 4.90. The van der Waals surface area contributed by atoms with E-state index in [0.717, 1.165) is 12.1 Å². The largest absolute Gasteiger partial charge is 0.458 e. The molecule has 1 heterocycles. The Kier molecular flexibility index (Phi) is 13.4. The van der Waals surface area contributed by atoms with Gasteiger partial charge in [-0.2, -0.15) is 13.2 Å². The second-order valence-electron chi connectivity index (χ2n) is 13.2. The van der Waals surface area contributed by atoms with E-state index in [-0.39, 0.29) is 34.2 Å². The topological polar surface area (TPSA) is 131 Å². The summed E-state index contributed by atoms with van der Waals surface area (Å²) in [5.41, 5.74) is -3.16. The number of ether oxygens (including phenoxy) is 2. The summed E-state index contributed by atoms with van der Waals surface area (Å²) in [7, 11) is 0.0883. The van der Waals surface area contributed by atoms with Crippen LogP contribution in [0.5, 0.6) is 0 Å². The average molecular weight is 663 g/mol. The minimum absolute atomic E-state index is 0.0226. The van der Waals surface area contributed by atoms with Crippen molar-refractivity contribution in [1.29, 1.82) is 0 Å². The molecule has 0 saturated carbocycles. The van der Waals surface area contributed by atoms with Gasteiger partial charge in [0.2, 0.25) is 5.91 Å². The first-order valence-electron chi connectivity index (χ1n) is 14.8. The van der Waals surface area contributed by atoms with Crippen molar-refractivity contribution in [3.8, 4) is 0 Å². The zero-order valence-electron chi connectivity index (χ0n) is 27.0. The minimum atomic E-state index is -4.53. The fraction of sp³-hybridized carbons (Fsp3) is 0.677. The molecule has 1 saturated heterocycles. The number of halogens is 3. The summed E-state index contributed by atoms with van der Waals surface area (Å²) in [6, 6.07) is 3.11. The Labute approximate surface area is 264 Å². The molecule has 2 rings (SSSR count). The maximum absolute atomic E-state index is 13.8. The lowest BCUT2D eigenvalue weighted by molar-refractivity contribution is -0.151. The van der Waals surface area contributed by atoms with Crippen molar-refractivity contribution >= 4 is 33.1 Å². The van der Waals surface area contributed by atoms with Crippen LogP contribution in [0.1, 0.15) is 72.4 Å². The molecule has 4 unspecified atom stereocenters. The zero-order chi connectivity index (χ0) is 34.2. The van der Waals surface area contributed by atoms with Crippen LogP contribution in [-0.2, 0) is 41.0 Å². The first-order valence-corrected chi connectivity index (χ1v) is 15.9. The molecule has 1 aromatic carbocycles. The fourth-order valence-corrected chi connectivity index (χ4v) is 5.62. The van der Waals surface area contributed by atoms with Gasteiger partial charge in [-0.15, -0.1) is 0 Å². The van der Waals surface area contributed by atoms with E-state index in [1.54, 1.807) is 48.5 Å². The molecule has 2 N–H and O–H groups in total. The van der Waals surface area contributed by atoms with Gasteiger partial charge in [0, 0.05) is 28.3 Å². The maximum Gasteiger partial charge on any atom is 0.416 e. The minimum Gasteiger partial charge on any atom is -0.458 e. The Morgan fingerprint density at radius 3 is 2.22 bits per heavy atom. The van der Waals surface area contributed by atoms with Crippen molar-refractivity contribution in [3.63, 3.8) is 0 Å². The van der Waals surface area contributed by atoms with Gasteiger partial charge in [0.15, 0.2) is 6.29 Å². The van der Waals surface area contributed by atoms with Gasteiger partial charge in [0.05, 0.1) is 22.7 Å². The van der Waals surface area contributed by atoms with Crippen molar-refractivity contribution in [2.45, 2.75) is 96.7 Å². The van der Waals surface area contributed by atoms with Crippen molar-refractivity contribution in [2.24, 2.45) is 11.8 Å². The lowest BCUT2D eigenvalue weighted by Gasteiger charge is -2.36. The van der Waals surface area contributed by atoms with Gasteiger partial charge >= 0.3 is 18.2 Å². The van der Waals surface area contributed by atoms with Crippen LogP contribution in [0.15, 0.2) is 24.3 Å². The number of carbonyl (C=O) groups excluding carboxylic acids is 4. The number of likely N-dealkylation sites (tertiary alicyclic amines) is 1. The number of amides is 2. The molecule has 1 aromatic rings. The predicted molar refractivity (Wildman–Crippen MR) is 163 cm³/mol. The van der Waals surface area contributed by atoms with E-state index in [1.807, 2.05) is 0 Å². The summed E-state index contributed by atoms with van der Waals surface area (Å²) >= 11 is 0. The van der Waals surface area contributed by atoms with E-state index < -0.39 is 65.1 Å². The van der Waals surface area contributed by atoms with Gasteiger partial charge < -0.3 is 29.3 Å². The average Bonchev–Trinajstić information content (AvgIpc) is 3.33. The number of nitrogens with one attached hydrogen (secondary N) is 1. The van der Waals surface area contributed by atoms with Gasteiger partial charge in [-0.1, -0.05) is 12.1 Å². The van der Waals surface area contributed by atoms with Gasteiger partial charge in [-0.05, 0) is 91.1 Å². The third-order valence-corrected chi connectivity index (χ3v) is 8.93. The molecule has 254 valence electrons. The number of rotatable bonds is 14. The van der Waals surface area contributed by atoms with Crippen LogP contribution in [0.4, 0.5) is 18.0 Å². The number of alkyl carbamates (subject to hydrolysis) is 1. The Morgan fingerprint density at radius 2 is 1.69 bits per heavy atom. The fourth-order valence-electron chi connectivity index (χ4n) is 4.56. The molecule has 4 atom stereocenters. The summed E-state index contributed by atoms with van der Waals surface area (Å²) in [6.45, 7) is 11.6. The van der Waals surface area contributed by atoms with E-state index in [9.17, 15) is 37.5 Å². The normalized spacial score (nSPS) is 18.6. The second kappa shape index (κ2) is 15.7. The third-order valence-electron chi connectivity index (χ3n) is 7.71. The van der Waals surface area contributed by atoms with Gasteiger partial charge in [0.1, 0.15) is 18.2 Å². The summed E-state index contributed by atoms with van der Waals surface area (Å²) < 4.78 is 55.6. The third kappa shape index (κ3) is 12.2. The van der Waals surface area contributed by atoms with E-state index >= 15 is 0 Å². The van der Waals surface area contributed by atoms with Crippen LogP contribution < -0.4 is 5.32 Å². The molecule has 1 aliphatic heterocycles. The molecule has 45 heavy (non-hydrogen) atoms. The highest BCUT2D eigenvalue weighted by Gasteiger charge is 2.42. The molecular formula is C31H46F3N2O8P. The molecule has 14 heteroatoms. The molecule has 0 aliphatic carbocycles. The standard InChI is InChI=1S/C31H46F3N2O8P/c1-28(2,3)43-27(40)35-24(17-20-10-12-22(13-11-20)31(32,33)34)25(38)36-18-21(23(19-36)26(39)42-15-14-37)9-8-16-45-44-30(6,7)29(4,5)41/h10-14,21,23-24,41,45H,8-9,15-19H2,1-7H3,(H,35,40). The number of aliphatic hydroxyl groups is 1. The Bertz CT molecular complexity index is 1160. The van der Waals surface area contributed by atoms with Crippen LogP contribution in [0.3, 0.4) is 0 Å². The van der Waals surface area contributed by atoms with Crippen LogP contribution in [0.2, 0.25) is 0 Å². The summed E-state index contributed by atoms with van der Waals surface area (Å²) in [6.07, 6.45) is -3.23. The number of benzene rings is 1. The summed E-state index contributed by atoms with van der Waals surface area (Å²) in [5.74, 6) is -2.19. The van der Waals surface area contributed by atoms with Crippen LogP contribution in [0.25, 0.3) is 0 Å². The molecule has 0 spiro atoms. The Morgan fingerprint density at radius 1 is 1.07 bits per heavy atom. The molecule has 1 fully saturated rings. The van der Waals surface area contributed by atoms with Crippen molar-refractivity contribution < 1.29 is 51.5 Å². The van der Waals surface area contributed by atoms with Crippen molar-refractivity contribution in [1.82, 2.24) is 10.2 Å². The number of esters is 1. The number of nitrogens with zero attached hydrogens (tertiary/aromatic N) is 1. The van der Waals surface area contributed by atoms with Crippen LogP contribution in [0, 0.1) is 11.8 Å². The molecule has 1 aliphatic rings. The highest BCUT2D eigenvalue weighted by Crippen LogP contribution is 2.35. The monoisotopic (exact) mass is 662 g/mol. The second-order valence-corrected chi connectivity index (χ2v) is 14.2. The molecule has 0 radical (unpaired) electrons. The number of alkyl halides is 3. The quantitative estimate of drug-likeness (QED) is 0.125. The smallest absolute Gasteiger partial charge is 0.416 e.